The number of benzene rings is 1. The van der Waals surface area contributed by atoms with Crippen molar-refractivity contribution in [2.75, 3.05) is 20.0 Å². The van der Waals surface area contributed by atoms with Crippen LogP contribution in [0.15, 0.2) is 30.3 Å². The minimum absolute atomic E-state index is 0.181. The molecule has 0 amide bonds. The molecule has 2 nitrogen and oxygen atoms in total. The molecular weight excluding hydrogens is 232 g/mol. The van der Waals surface area contributed by atoms with E-state index < -0.39 is 0 Å². The van der Waals surface area contributed by atoms with E-state index in [0.717, 1.165) is 5.75 Å². The van der Waals surface area contributed by atoms with Crippen LogP contribution in [0.4, 0.5) is 0 Å². The summed E-state index contributed by atoms with van der Waals surface area (Å²) in [6, 6.07) is 10.4. The standard InChI is InChI=1S/C14H22O2S/c1-4-5-11-17-13(14(15-2)16-3)12-9-7-6-8-10-12/h6-10,13-14H,4-5,11H2,1-3H3. The fraction of sp³-hybridized carbons (Fsp3) is 0.571. The third-order valence-electron chi connectivity index (χ3n) is 2.64. The van der Waals surface area contributed by atoms with Gasteiger partial charge in [-0.15, -0.1) is 11.8 Å². The molecule has 0 aromatic heterocycles. The third kappa shape index (κ3) is 4.70. The molecule has 0 bridgehead atoms. The number of hydrogen-bond donors (Lipinski definition) is 0. The zero-order valence-electron chi connectivity index (χ0n) is 10.9. The molecule has 3 heteroatoms. The molecule has 1 unspecified atom stereocenters. The molecule has 17 heavy (non-hydrogen) atoms. The van der Waals surface area contributed by atoms with Gasteiger partial charge in [-0.25, -0.2) is 0 Å². The second-order valence-corrected chi connectivity index (χ2v) is 5.14. The monoisotopic (exact) mass is 254 g/mol. The van der Waals surface area contributed by atoms with Gasteiger partial charge in [0.25, 0.3) is 0 Å². The van der Waals surface area contributed by atoms with Gasteiger partial charge in [0.1, 0.15) is 0 Å². The smallest absolute Gasteiger partial charge is 0.172 e. The maximum atomic E-state index is 5.40. The summed E-state index contributed by atoms with van der Waals surface area (Å²) in [6.07, 6.45) is 2.27. The Morgan fingerprint density at radius 3 is 2.29 bits per heavy atom. The van der Waals surface area contributed by atoms with Gasteiger partial charge in [-0.3, -0.25) is 0 Å². The summed E-state index contributed by atoms with van der Waals surface area (Å²) in [5, 5.41) is 0.248. The predicted molar refractivity (Wildman–Crippen MR) is 74.4 cm³/mol. The Kier molecular flexibility index (Phi) is 7.33. The highest BCUT2D eigenvalue weighted by Crippen LogP contribution is 2.34. The number of rotatable bonds is 8. The maximum absolute atomic E-state index is 5.40. The van der Waals surface area contributed by atoms with Gasteiger partial charge in [-0.1, -0.05) is 43.7 Å². The van der Waals surface area contributed by atoms with E-state index in [4.69, 9.17) is 9.47 Å². The van der Waals surface area contributed by atoms with Crippen LogP contribution >= 0.6 is 11.8 Å². The molecule has 96 valence electrons. The molecule has 0 aliphatic carbocycles. The zero-order valence-corrected chi connectivity index (χ0v) is 11.7. The normalized spacial score (nSPS) is 12.9. The molecule has 1 rings (SSSR count). The Labute approximate surface area is 109 Å². The maximum Gasteiger partial charge on any atom is 0.172 e. The van der Waals surface area contributed by atoms with Crippen molar-refractivity contribution in [2.24, 2.45) is 0 Å². The highest BCUT2D eigenvalue weighted by Gasteiger charge is 2.22. The van der Waals surface area contributed by atoms with Crippen LogP contribution in [-0.2, 0) is 9.47 Å². The largest absolute Gasteiger partial charge is 0.354 e. The SMILES string of the molecule is CCCCSC(c1ccccc1)C(OC)OC. The molecule has 1 atom stereocenters. The van der Waals surface area contributed by atoms with Crippen LogP contribution in [-0.4, -0.2) is 26.3 Å². The predicted octanol–water partition coefficient (Wildman–Crippen LogP) is 3.88. The molecule has 1 aromatic rings. The van der Waals surface area contributed by atoms with Crippen LogP contribution in [0, 0.1) is 0 Å². The second-order valence-electron chi connectivity index (χ2n) is 3.90. The van der Waals surface area contributed by atoms with E-state index >= 15 is 0 Å². The summed E-state index contributed by atoms with van der Waals surface area (Å²) < 4.78 is 10.8. The summed E-state index contributed by atoms with van der Waals surface area (Å²) in [6.45, 7) is 2.21. The van der Waals surface area contributed by atoms with Crippen molar-refractivity contribution in [1.29, 1.82) is 0 Å². The number of unbranched alkanes of at least 4 members (excludes halogenated alkanes) is 1. The number of methoxy groups -OCH3 is 2. The van der Waals surface area contributed by atoms with Gasteiger partial charge in [0, 0.05) is 14.2 Å². The van der Waals surface area contributed by atoms with Crippen LogP contribution in [0.25, 0.3) is 0 Å². The van der Waals surface area contributed by atoms with E-state index in [2.05, 4.69) is 31.2 Å². The molecule has 0 spiro atoms. The lowest BCUT2D eigenvalue weighted by Crippen LogP contribution is -2.21. The van der Waals surface area contributed by atoms with Crippen molar-refractivity contribution in [3.8, 4) is 0 Å². The quantitative estimate of drug-likeness (QED) is 0.518. The molecule has 1 aromatic carbocycles. The highest BCUT2D eigenvalue weighted by atomic mass is 32.2. The molecule has 0 radical (unpaired) electrons. The first kappa shape index (κ1) is 14.6. The molecule has 0 saturated carbocycles. The summed E-state index contributed by atoms with van der Waals surface area (Å²) in [7, 11) is 3.40. The molecule has 0 aliphatic heterocycles. The lowest BCUT2D eigenvalue weighted by Gasteiger charge is -2.24. The van der Waals surface area contributed by atoms with Gasteiger partial charge in [-0.05, 0) is 17.7 Å². The van der Waals surface area contributed by atoms with Gasteiger partial charge in [-0.2, -0.15) is 0 Å². The lowest BCUT2D eigenvalue weighted by molar-refractivity contribution is -0.102. The Morgan fingerprint density at radius 1 is 1.12 bits per heavy atom. The van der Waals surface area contributed by atoms with Crippen molar-refractivity contribution in [3.05, 3.63) is 35.9 Å². The average molecular weight is 254 g/mol. The molecule has 0 aliphatic rings. The molecule has 0 heterocycles. The zero-order chi connectivity index (χ0) is 12.5. The number of hydrogen-bond acceptors (Lipinski definition) is 3. The lowest BCUT2D eigenvalue weighted by atomic mass is 10.1. The molecule has 0 saturated heterocycles. The number of ether oxygens (including phenoxy) is 2. The summed E-state index contributed by atoms with van der Waals surface area (Å²) in [4.78, 5) is 0. The van der Waals surface area contributed by atoms with Crippen molar-refractivity contribution >= 4 is 11.8 Å². The summed E-state index contributed by atoms with van der Waals surface area (Å²) in [5.74, 6) is 1.14. The van der Waals surface area contributed by atoms with E-state index in [0.29, 0.717) is 0 Å². The van der Waals surface area contributed by atoms with Gasteiger partial charge in [0.2, 0.25) is 0 Å². The van der Waals surface area contributed by atoms with Gasteiger partial charge >= 0.3 is 0 Å². The minimum atomic E-state index is -0.181. The van der Waals surface area contributed by atoms with E-state index in [1.807, 2.05) is 17.8 Å². The highest BCUT2D eigenvalue weighted by molar-refractivity contribution is 7.99. The Morgan fingerprint density at radius 2 is 1.76 bits per heavy atom. The van der Waals surface area contributed by atoms with E-state index in [9.17, 15) is 0 Å². The average Bonchev–Trinajstić information content (AvgIpc) is 2.39. The van der Waals surface area contributed by atoms with E-state index in [1.165, 1.54) is 18.4 Å². The Balaban J connectivity index is 2.71. The van der Waals surface area contributed by atoms with Crippen LogP contribution in [0.3, 0.4) is 0 Å². The minimum Gasteiger partial charge on any atom is -0.354 e. The first-order valence-corrected chi connectivity index (χ1v) is 7.10. The fourth-order valence-corrected chi connectivity index (χ4v) is 3.11. The Hall–Kier alpha value is -0.510. The summed E-state index contributed by atoms with van der Waals surface area (Å²) in [5.41, 5.74) is 1.27. The molecule has 0 fully saturated rings. The van der Waals surface area contributed by atoms with Crippen LogP contribution in [0.2, 0.25) is 0 Å². The number of thioether (sulfide) groups is 1. The first-order valence-electron chi connectivity index (χ1n) is 6.05. The Bertz CT molecular complexity index is 286. The van der Waals surface area contributed by atoms with Crippen molar-refractivity contribution in [3.63, 3.8) is 0 Å². The second kappa shape index (κ2) is 8.56. The van der Waals surface area contributed by atoms with Crippen LogP contribution < -0.4 is 0 Å². The van der Waals surface area contributed by atoms with E-state index in [-0.39, 0.29) is 11.5 Å². The fourth-order valence-electron chi connectivity index (χ4n) is 1.67. The van der Waals surface area contributed by atoms with Crippen molar-refractivity contribution in [1.82, 2.24) is 0 Å². The van der Waals surface area contributed by atoms with Gasteiger partial charge in [0.05, 0.1) is 5.25 Å². The molecule has 0 N–H and O–H groups in total. The third-order valence-corrected chi connectivity index (χ3v) is 4.01. The first-order chi connectivity index (χ1) is 8.33. The van der Waals surface area contributed by atoms with E-state index in [1.54, 1.807) is 14.2 Å². The van der Waals surface area contributed by atoms with Crippen LogP contribution in [0.5, 0.6) is 0 Å². The van der Waals surface area contributed by atoms with Crippen LogP contribution in [0.1, 0.15) is 30.6 Å². The van der Waals surface area contributed by atoms with Crippen molar-refractivity contribution < 1.29 is 9.47 Å². The van der Waals surface area contributed by atoms with Gasteiger partial charge < -0.3 is 9.47 Å². The summed E-state index contributed by atoms with van der Waals surface area (Å²) >= 11 is 1.91. The topological polar surface area (TPSA) is 18.5 Å². The molecular formula is C14H22O2S. The van der Waals surface area contributed by atoms with Crippen molar-refractivity contribution in [2.45, 2.75) is 31.3 Å². The van der Waals surface area contributed by atoms with Gasteiger partial charge in [0.15, 0.2) is 6.29 Å².